The first-order valence-electron chi connectivity index (χ1n) is 4.25. The molecule has 0 radical (unpaired) electrons. The highest BCUT2D eigenvalue weighted by Gasteiger charge is 2.20. The predicted molar refractivity (Wildman–Crippen MR) is 43.2 cm³/mol. The number of hydrogen-bond donors (Lipinski definition) is 1. The molecule has 1 rings (SSSR count). The van der Waals surface area contributed by atoms with E-state index in [1.165, 1.54) is 6.42 Å². The molecule has 1 saturated heterocycles. The molecule has 11 heavy (non-hydrogen) atoms. The van der Waals surface area contributed by atoms with E-state index in [9.17, 15) is 0 Å². The minimum absolute atomic E-state index is 0.0142. The third kappa shape index (κ3) is 2.77. The number of ether oxygens (including phenoxy) is 2. The third-order valence-corrected chi connectivity index (χ3v) is 2.06. The van der Waals surface area contributed by atoms with Crippen molar-refractivity contribution in [3.8, 4) is 0 Å². The van der Waals surface area contributed by atoms with Gasteiger partial charge in [-0.1, -0.05) is 0 Å². The lowest BCUT2D eigenvalue weighted by Gasteiger charge is -2.28. The maximum atomic E-state index is 5.57. The van der Waals surface area contributed by atoms with E-state index in [1.54, 1.807) is 7.11 Å². The summed E-state index contributed by atoms with van der Waals surface area (Å²) in [5.74, 6) is 0. The van der Waals surface area contributed by atoms with Crippen molar-refractivity contribution in [3.63, 3.8) is 0 Å². The summed E-state index contributed by atoms with van der Waals surface area (Å²) < 4.78 is 10.7. The molecular formula is C8H17NO2. The molecule has 3 nitrogen and oxygen atoms in total. The van der Waals surface area contributed by atoms with Gasteiger partial charge in [0.2, 0.25) is 0 Å². The first kappa shape index (κ1) is 8.97. The predicted octanol–water partition coefficient (Wildman–Crippen LogP) is 0.877. The van der Waals surface area contributed by atoms with E-state index in [4.69, 9.17) is 15.2 Å². The van der Waals surface area contributed by atoms with Crippen molar-refractivity contribution in [3.05, 3.63) is 0 Å². The molecular weight excluding hydrogens is 142 g/mol. The average Bonchev–Trinajstić information content (AvgIpc) is 2.06. The summed E-state index contributed by atoms with van der Waals surface area (Å²) >= 11 is 0. The van der Waals surface area contributed by atoms with E-state index in [0.717, 1.165) is 19.3 Å². The summed E-state index contributed by atoms with van der Waals surface area (Å²) in [5.41, 5.74) is 5.43. The van der Waals surface area contributed by atoms with Crippen LogP contribution >= 0.6 is 0 Å². The lowest BCUT2D eigenvalue weighted by Crippen LogP contribution is -2.30. The van der Waals surface area contributed by atoms with Crippen molar-refractivity contribution in [2.45, 2.75) is 38.1 Å². The Morgan fingerprint density at radius 1 is 1.55 bits per heavy atom. The zero-order valence-corrected chi connectivity index (χ0v) is 7.08. The molecule has 0 aromatic rings. The van der Waals surface area contributed by atoms with E-state index in [1.807, 2.05) is 0 Å². The molecule has 1 fully saturated rings. The fourth-order valence-corrected chi connectivity index (χ4v) is 1.43. The van der Waals surface area contributed by atoms with Gasteiger partial charge in [-0.2, -0.15) is 0 Å². The van der Waals surface area contributed by atoms with Crippen LogP contribution in [-0.4, -0.2) is 26.0 Å². The van der Waals surface area contributed by atoms with Crippen LogP contribution in [0.5, 0.6) is 0 Å². The van der Waals surface area contributed by atoms with Crippen LogP contribution in [0.1, 0.15) is 25.7 Å². The van der Waals surface area contributed by atoms with E-state index >= 15 is 0 Å². The second-order valence-corrected chi connectivity index (χ2v) is 2.93. The molecule has 0 aromatic heterocycles. The number of hydrogen-bond acceptors (Lipinski definition) is 3. The van der Waals surface area contributed by atoms with E-state index in [2.05, 4.69) is 0 Å². The van der Waals surface area contributed by atoms with Crippen LogP contribution in [-0.2, 0) is 9.47 Å². The van der Waals surface area contributed by atoms with Gasteiger partial charge in [0.25, 0.3) is 0 Å². The van der Waals surface area contributed by atoms with Gasteiger partial charge in [-0.25, -0.2) is 0 Å². The SMILES string of the molecule is COC1CCCC(CCN)O1. The minimum Gasteiger partial charge on any atom is -0.356 e. The van der Waals surface area contributed by atoms with Gasteiger partial charge in [-0.3, -0.25) is 0 Å². The van der Waals surface area contributed by atoms with Crippen LogP contribution in [0.3, 0.4) is 0 Å². The smallest absolute Gasteiger partial charge is 0.157 e. The van der Waals surface area contributed by atoms with Crippen molar-refractivity contribution in [1.82, 2.24) is 0 Å². The van der Waals surface area contributed by atoms with Crippen molar-refractivity contribution < 1.29 is 9.47 Å². The zero-order valence-electron chi connectivity index (χ0n) is 7.08. The Bertz CT molecular complexity index is 106. The third-order valence-electron chi connectivity index (χ3n) is 2.06. The lowest BCUT2D eigenvalue weighted by atomic mass is 10.1. The summed E-state index contributed by atoms with van der Waals surface area (Å²) in [7, 11) is 1.69. The van der Waals surface area contributed by atoms with Crippen LogP contribution in [0.2, 0.25) is 0 Å². The van der Waals surface area contributed by atoms with Crippen molar-refractivity contribution in [2.24, 2.45) is 5.73 Å². The van der Waals surface area contributed by atoms with Crippen molar-refractivity contribution in [1.29, 1.82) is 0 Å². The van der Waals surface area contributed by atoms with Gasteiger partial charge < -0.3 is 15.2 Å². The molecule has 0 aliphatic carbocycles. The van der Waals surface area contributed by atoms with Crippen LogP contribution < -0.4 is 5.73 Å². The maximum Gasteiger partial charge on any atom is 0.157 e. The van der Waals surface area contributed by atoms with E-state index in [-0.39, 0.29) is 6.29 Å². The van der Waals surface area contributed by atoms with Gasteiger partial charge in [0.15, 0.2) is 6.29 Å². The molecule has 0 aromatic carbocycles. The second-order valence-electron chi connectivity index (χ2n) is 2.93. The zero-order chi connectivity index (χ0) is 8.10. The molecule has 0 bridgehead atoms. The van der Waals surface area contributed by atoms with Gasteiger partial charge in [0.1, 0.15) is 0 Å². The molecule has 1 heterocycles. The highest BCUT2D eigenvalue weighted by molar-refractivity contribution is 4.66. The average molecular weight is 159 g/mol. The van der Waals surface area contributed by atoms with Gasteiger partial charge in [-0.15, -0.1) is 0 Å². The highest BCUT2D eigenvalue weighted by atomic mass is 16.7. The van der Waals surface area contributed by atoms with Gasteiger partial charge in [-0.05, 0) is 32.2 Å². The summed E-state index contributed by atoms with van der Waals surface area (Å²) in [5, 5.41) is 0. The molecule has 1 aliphatic heterocycles. The standard InChI is InChI=1S/C8H17NO2/c1-10-8-4-2-3-7(11-8)5-6-9/h7-8H,2-6,9H2,1H3. The van der Waals surface area contributed by atoms with Crippen LogP contribution in [0.4, 0.5) is 0 Å². The molecule has 0 amide bonds. The molecule has 2 atom stereocenters. The van der Waals surface area contributed by atoms with Crippen LogP contribution in [0, 0.1) is 0 Å². The Morgan fingerprint density at radius 3 is 3.00 bits per heavy atom. The molecule has 1 aliphatic rings. The monoisotopic (exact) mass is 159 g/mol. The molecule has 3 heteroatoms. The first-order valence-corrected chi connectivity index (χ1v) is 4.25. The van der Waals surface area contributed by atoms with Crippen LogP contribution in [0.15, 0.2) is 0 Å². The largest absolute Gasteiger partial charge is 0.356 e. The summed E-state index contributed by atoms with van der Waals surface area (Å²) in [6.07, 6.45) is 4.66. The quantitative estimate of drug-likeness (QED) is 0.664. The Labute approximate surface area is 67.9 Å². The van der Waals surface area contributed by atoms with Gasteiger partial charge in [0.05, 0.1) is 6.10 Å². The Morgan fingerprint density at radius 2 is 2.36 bits per heavy atom. The van der Waals surface area contributed by atoms with Crippen molar-refractivity contribution >= 4 is 0 Å². The molecule has 2 unspecified atom stereocenters. The number of methoxy groups -OCH3 is 1. The number of rotatable bonds is 3. The van der Waals surface area contributed by atoms with Crippen molar-refractivity contribution in [2.75, 3.05) is 13.7 Å². The summed E-state index contributed by atoms with van der Waals surface area (Å²) in [6, 6.07) is 0. The fourth-order valence-electron chi connectivity index (χ4n) is 1.43. The van der Waals surface area contributed by atoms with Crippen LogP contribution in [0.25, 0.3) is 0 Å². The number of nitrogens with two attached hydrogens (primary N) is 1. The molecule has 0 saturated carbocycles. The maximum absolute atomic E-state index is 5.57. The normalized spacial score (nSPS) is 32.2. The molecule has 0 spiro atoms. The Balaban J connectivity index is 2.21. The first-order chi connectivity index (χ1) is 5.36. The lowest BCUT2D eigenvalue weighted by molar-refractivity contribution is -0.180. The topological polar surface area (TPSA) is 44.5 Å². The Hall–Kier alpha value is -0.120. The highest BCUT2D eigenvalue weighted by Crippen LogP contribution is 2.20. The van der Waals surface area contributed by atoms with E-state index in [0.29, 0.717) is 12.6 Å². The van der Waals surface area contributed by atoms with E-state index < -0.39 is 0 Å². The van der Waals surface area contributed by atoms with Gasteiger partial charge >= 0.3 is 0 Å². The summed E-state index contributed by atoms with van der Waals surface area (Å²) in [6.45, 7) is 0.709. The molecule has 2 N–H and O–H groups in total. The second kappa shape index (κ2) is 4.70. The summed E-state index contributed by atoms with van der Waals surface area (Å²) in [4.78, 5) is 0. The minimum atomic E-state index is 0.0142. The van der Waals surface area contributed by atoms with Gasteiger partial charge in [0, 0.05) is 7.11 Å². The Kier molecular flexibility index (Phi) is 3.83. The molecule has 66 valence electrons. The fraction of sp³-hybridized carbons (Fsp3) is 1.00.